The molecule has 0 unspecified atom stereocenters. The normalized spacial score (nSPS) is 11.3. The molecule has 1 amide bonds. The monoisotopic (exact) mass is 279 g/mol. The van der Waals surface area contributed by atoms with Crippen molar-refractivity contribution in [3.05, 3.63) is 28.8 Å². The van der Waals surface area contributed by atoms with Gasteiger partial charge >= 0.3 is 6.09 Å². The highest BCUT2D eigenvalue weighted by Gasteiger charge is 2.21. The van der Waals surface area contributed by atoms with Crippen molar-refractivity contribution in [2.45, 2.75) is 18.7 Å². The Kier molecular flexibility index (Phi) is 3.99. The number of carbonyl (C=O) groups is 1. The quantitative estimate of drug-likeness (QED) is 0.631. The van der Waals surface area contributed by atoms with Crippen LogP contribution in [0.2, 0.25) is 5.02 Å². The van der Waals surface area contributed by atoms with Crippen LogP contribution >= 0.6 is 36.0 Å². The molecule has 0 bridgehead atoms. The third-order valence-electron chi connectivity index (χ3n) is 2.02. The van der Waals surface area contributed by atoms with E-state index in [2.05, 4.69) is 12.8 Å². The predicted molar refractivity (Wildman–Crippen MR) is 69.8 cm³/mol. The Hall–Kier alpha value is -0.580. The zero-order valence-electron chi connectivity index (χ0n) is 8.74. The third kappa shape index (κ3) is 2.97. The molecule has 1 aromatic carbocycles. The van der Waals surface area contributed by atoms with E-state index in [1.807, 2.05) is 13.8 Å². The summed E-state index contributed by atoms with van der Waals surface area (Å²) >= 11 is 16.0. The molecule has 0 heterocycles. The molecule has 0 aliphatic carbocycles. The van der Waals surface area contributed by atoms with Gasteiger partial charge in [-0.05, 0) is 31.5 Å². The van der Waals surface area contributed by atoms with Crippen molar-refractivity contribution in [3.63, 3.8) is 0 Å². The number of halogens is 2. The lowest BCUT2D eigenvalue weighted by atomic mass is 10.0. The molecule has 0 saturated heterocycles. The summed E-state index contributed by atoms with van der Waals surface area (Å²) in [5, 5.41) is 9.15. The summed E-state index contributed by atoms with van der Waals surface area (Å²) in [6.07, 6.45) is -1.17. The number of hydrogen-bond acceptors (Lipinski definition) is 2. The number of alkyl halides is 1. The first kappa shape index (κ1) is 13.5. The minimum absolute atomic E-state index is 0.380. The van der Waals surface area contributed by atoms with Crippen LogP contribution in [-0.4, -0.2) is 11.2 Å². The van der Waals surface area contributed by atoms with E-state index in [-0.39, 0.29) is 0 Å². The molecule has 1 N–H and O–H groups in total. The van der Waals surface area contributed by atoms with Gasteiger partial charge in [-0.3, -0.25) is 0 Å². The van der Waals surface area contributed by atoms with Crippen molar-refractivity contribution in [1.29, 1.82) is 0 Å². The lowest BCUT2D eigenvalue weighted by Crippen LogP contribution is -2.18. The average Bonchev–Trinajstić information content (AvgIpc) is 2.14. The first-order valence-corrected chi connectivity index (χ1v) is 5.60. The van der Waals surface area contributed by atoms with Crippen LogP contribution in [0, 0.1) is 0 Å². The molecule has 0 aliphatic heterocycles. The molecule has 0 radical (unpaired) electrons. The second-order valence-electron chi connectivity index (χ2n) is 3.73. The molecule has 0 fully saturated rings. The van der Waals surface area contributed by atoms with E-state index < -0.39 is 11.0 Å². The molecule has 0 atom stereocenters. The third-order valence-corrected chi connectivity index (χ3v) is 2.94. The van der Waals surface area contributed by atoms with E-state index in [0.29, 0.717) is 10.7 Å². The highest BCUT2D eigenvalue weighted by molar-refractivity contribution is 7.82. The summed E-state index contributed by atoms with van der Waals surface area (Å²) < 4.78 is 0.789. The van der Waals surface area contributed by atoms with Gasteiger partial charge in [0.1, 0.15) is 0 Å². The Morgan fingerprint density at radius 2 is 2.06 bits per heavy atom. The summed E-state index contributed by atoms with van der Waals surface area (Å²) in [7, 11) is 0. The van der Waals surface area contributed by atoms with Gasteiger partial charge in [0, 0.05) is 5.02 Å². The van der Waals surface area contributed by atoms with E-state index >= 15 is 0 Å². The second-order valence-corrected chi connectivity index (χ2v) is 5.48. The van der Waals surface area contributed by atoms with Crippen molar-refractivity contribution in [2.24, 2.45) is 0 Å². The van der Waals surface area contributed by atoms with Gasteiger partial charge in [-0.1, -0.05) is 30.5 Å². The number of thiol groups is 1. The van der Waals surface area contributed by atoms with E-state index in [0.717, 1.165) is 9.87 Å². The topological polar surface area (TPSA) is 40.5 Å². The summed E-state index contributed by atoms with van der Waals surface area (Å²) in [6.45, 7) is 3.62. The number of benzene rings is 1. The van der Waals surface area contributed by atoms with Crippen molar-refractivity contribution >= 4 is 47.8 Å². The molecule has 1 aromatic rings. The Morgan fingerprint density at radius 3 is 2.44 bits per heavy atom. The number of amides is 1. The van der Waals surface area contributed by atoms with Crippen LogP contribution < -0.4 is 4.31 Å². The van der Waals surface area contributed by atoms with Crippen LogP contribution in [0.4, 0.5) is 10.5 Å². The van der Waals surface area contributed by atoms with Crippen LogP contribution in [0.25, 0.3) is 0 Å². The zero-order valence-corrected chi connectivity index (χ0v) is 11.1. The largest absolute Gasteiger partial charge is 0.464 e. The molecule has 6 heteroatoms. The van der Waals surface area contributed by atoms with Crippen molar-refractivity contribution in [3.8, 4) is 0 Å². The lowest BCUT2D eigenvalue weighted by Gasteiger charge is -2.20. The minimum atomic E-state index is -1.17. The van der Waals surface area contributed by atoms with Gasteiger partial charge in [0.05, 0.1) is 10.6 Å². The van der Waals surface area contributed by atoms with Gasteiger partial charge in [0.2, 0.25) is 0 Å². The van der Waals surface area contributed by atoms with Crippen LogP contribution in [0.5, 0.6) is 0 Å². The second kappa shape index (κ2) is 4.73. The smallest absolute Gasteiger partial charge is 0.421 e. The Balaban J connectivity index is 3.14. The first-order valence-electron chi connectivity index (χ1n) is 4.44. The number of anilines is 1. The van der Waals surface area contributed by atoms with Gasteiger partial charge in [0.25, 0.3) is 0 Å². The molecule has 3 nitrogen and oxygen atoms in total. The number of nitrogens with zero attached hydrogens (tertiary/aromatic N) is 1. The zero-order chi connectivity index (χ0) is 12.5. The van der Waals surface area contributed by atoms with Crippen molar-refractivity contribution in [1.82, 2.24) is 0 Å². The maximum absolute atomic E-state index is 10.7. The fourth-order valence-corrected chi connectivity index (χ4v) is 1.98. The Bertz CT molecular complexity index is 418. The minimum Gasteiger partial charge on any atom is -0.464 e. The highest BCUT2D eigenvalue weighted by atomic mass is 35.5. The van der Waals surface area contributed by atoms with Crippen molar-refractivity contribution in [2.75, 3.05) is 4.31 Å². The van der Waals surface area contributed by atoms with Crippen LogP contribution in [-0.2, 0) is 4.87 Å². The fraction of sp³-hybridized carbons (Fsp3) is 0.300. The van der Waals surface area contributed by atoms with Crippen LogP contribution in [0.1, 0.15) is 19.4 Å². The molecule has 1 rings (SSSR count). The lowest BCUT2D eigenvalue weighted by molar-refractivity contribution is 0.206. The maximum atomic E-state index is 10.7. The van der Waals surface area contributed by atoms with Gasteiger partial charge in [-0.25, -0.2) is 9.10 Å². The Morgan fingerprint density at radius 1 is 1.50 bits per heavy atom. The molecule has 88 valence electrons. The summed E-state index contributed by atoms with van der Waals surface area (Å²) in [5.41, 5.74) is 1.12. The average molecular weight is 280 g/mol. The van der Waals surface area contributed by atoms with Crippen LogP contribution in [0.15, 0.2) is 18.2 Å². The van der Waals surface area contributed by atoms with Crippen molar-refractivity contribution < 1.29 is 9.90 Å². The SMILES string of the molecule is CC(C)(Cl)c1ccc(N(S)C(=O)O)cc1Cl. The molecule has 0 saturated carbocycles. The van der Waals surface area contributed by atoms with E-state index in [1.54, 1.807) is 12.1 Å². The van der Waals surface area contributed by atoms with Gasteiger partial charge in [0.15, 0.2) is 0 Å². The summed E-state index contributed by atoms with van der Waals surface area (Å²) in [6, 6.07) is 4.81. The highest BCUT2D eigenvalue weighted by Crippen LogP contribution is 2.35. The number of hydrogen-bond donors (Lipinski definition) is 2. The molecular weight excluding hydrogens is 269 g/mol. The fourth-order valence-electron chi connectivity index (χ4n) is 1.23. The number of carboxylic acid groups (broad SMARTS) is 1. The predicted octanol–water partition coefficient (Wildman–Crippen LogP) is 4.14. The standard InChI is InChI=1S/C10H11Cl2NO2S/c1-10(2,12)7-4-3-6(5-8(7)11)13(16)9(14)15/h3-5,16H,1-2H3,(H,14,15). The molecular formula is C10H11Cl2NO2S. The van der Waals surface area contributed by atoms with E-state index in [4.69, 9.17) is 28.3 Å². The summed E-state index contributed by atoms with van der Waals surface area (Å²) in [4.78, 5) is 10.1. The number of rotatable bonds is 2. The molecule has 0 aliphatic rings. The van der Waals surface area contributed by atoms with E-state index in [1.165, 1.54) is 6.07 Å². The maximum Gasteiger partial charge on any atom is 0.421 e. The van der Waals surface area contributed by atoms with Gasteiger partial charge in [-0.15, -0.1) is 11.6 Å². The van der Waals surface area contributed by atoms with Gasteiger partial charge < -0.3 is 5.11 Å². The molecule has 16 heavy (non-hydrogen) atoms. The van der Waals surface area contributed by atoms with Crippen LogP contribution in [0.3, 0.4) is 0 Å². The molecule has 0 spiro atoms. The van der Waals surface area contributed by atoms with Gasteiger partial charge in [-0.2, -0.15) is 0 Å². The Labute approximate surface area is 110 Å². The summed E-state index contributed by atoms with van der Waals surface area (Å²) in [5.74, 6) is 0. The van der Waals surface area contributed by atoms with E-state index in [9.17, 15) is 4.79 Å². The molecule has 0 aromatic heterocycles. The first-order chi connectivity index (χ1) is 7.23.